The highest BCUT2D eigenvalue weighted by Gasteiger charge is 2.07. The predicted octanol–water partition coefficient (Wildman–Crippen LogP) is 5.23. The van der Waals surface area contributed by atoms with Crippen LogP contribution in [-0.2, 0) is 6.54 Å². The lowest BCUT2D eigenvalue weighted by molar-refractivity contribution is 0.273. The van der Waals surface area contributed by atoms with E-state index in [-0.39, 0.29) is 12.4 Å². The number of unbranched alkanes of at least 4 members (excludes halogenated alkanes) is 3. The van der Waals surface area contributed by atoms with Crippen molar-refractivity contribution in [3.8, 4) is 5.75 Å². The van der Waals surface area contributed by atoms with Gasteiger partial charge in [0.2, 0.25) is 0 Å². The van der Waals surface area contributed by atoms with E-state index in [4.69, 9.17) is 9.84 Å². The lowest BCUT2D eigenvalue weighted by Crippen LogP contribution is -2.02. The van der Waals surface area contributed by atoms with E-state index in [0.717, 1.165) is 59.3 Å². The summed E-state index contributed by atoms with van der Waals surface area (Å²) in [6, 6.07) is 14.5. The number of hydrogen-bond acceptors (Lipinski definition) is 4. The Hall–Kier alpha value is -2.66. The van der Waals surface area contributed by atoms with Gasteiger partial charge < -0.3 is 15.2 Å². The normalized spacial score (nSPS) is 11.0. The van der Waals surface area contributed by atoms with E-state index in [2.05, 4.69) is 10.3 Å². The van der Waals surface area contributed by atoms with Crippen LogP contribution in [0.15, 0.2) is 48.5 Å². The summed E-state index contributed by atoms with van der Waals surface area (Å²) in [6.45, 7) is 3.49. The molecule has 3 aromatic rings. The maximum atomic E-state index is 13.1. The lowest BCUT2D eigenvalue weighted by atomic mass is 10.1. The predicted molar refractivity (Wildman–Crippen MR) is 111 cm³/mol. The lowest BCUT2D eigenvalue weighted by Gasteiger charge is -2.13. The van der Waals surface area contributed by atoms with Crippen molar-refractivity contribution in [2.45, 2.75) is 39.2 Å². The minimum atomic E-state index is -0.230. The molecule has 1 heterocycles. The van der Waals surface area contributed by atoms with Gasteiger partial charge in [0.25, 0.3) is 0 Å². The summed E-state index contributed by atoms with van der Waals surface area (Å²) in [5, 5.41) is 13.3. The molecule has 0 fully saturated rings. The maximum absolute atomic E-state index is 13.1. The molecule has 1 aromatic heterocycles. The number of rotatable bonds is 10. The number of aliphatic hydroxyl groups is 1. The molecule has 0 unspecified atom stereocenters. The molecule has 0 amide bonds. The average molecular weight is 382 g/mol. The largest absolute Gasteiger partial charge is 0.494 e. The summed E-state index contributed by atoms with van der Waals surface area (Å²) < 4.78 is 19.0. The highest BCUT2D eigenvalue weighted by atomic mass is 19.1. The molecule has 0 spiro atoms. The number of aromatic nitrogens is 1. The van der Waals surface area contributed by atoms with E-state index >= 15 is 0 Å². The number of hydrogen-bond donors (Lipinski definition) is 2. The second-order valence-electron chi connectivity index (χ2n) is 6.96. The van der Waals surface area contributed by atoms with Crippen LogP contribution in [0.1, 0.15) is 36.9 Å². The van der Waals surface area contributed by atoms with E-state index < -0.39 is 0 Å². The Morgan fingerprint density at radius 3 is 2.57 bits per heavy atom. The number of anilines is 1. The van der Waals surface area contributed by atoms with Gasteiger partial charge in [-0.15, -0.1) is 0 Å². The first kappa shape index (κ1) is 20.1. The Morgan fingerprint density at radius 1 is 1.00 bits per heavy atom. The monoisotopic (exact) mass is 382 g/mol. The average Bonchev–Trinajstić information content (AvgIpc) is 2.70. The molecule has 2 N–H and O–H groups in total. The molecule has 0 saturated carbocycles. The van der Waals surface area contributed by atoms with E-state index in [9.17, 15) is 4.39 Å². The first-order valence-corrected chi connectivity index (χ1v) is 9.79. The van der Waals surface area contributed by atoms with Gasteiger partial charge in [-0.1, -0.05) is 18.6 Å². The zero-order valence-corrected chi connectivity index (χ0v) is 16.2. The molecule has 148 valence electrons. The number of fused-ring (bicyclic) bond motifs is 1. The highest BCUT2D eigenvalue weighted by Crippen LogP contribution is 2.28. The zero-order chi connectivity index (χ0) is 19.8. The summed E-state index contributed by atoms with van der Waals surface area (Å²) in [5.41, 5.74) is 3.85. The minimum Gasteiger partial charge on any atom is -0.494 e. The third-order valence-corrected chi connectivity index (χ3v) is 4.63. The van der Waals surface area contributed by atoms with Crippen LogP contribution >= 0.6 is 0 Å². The van der Waals surface area contributed by atoms with Gasteiger partial charge in [0.1, 0.15) is 11.6 Å². The van der Waals surface area contributed by atoms with Gasteiger partial charge in [-0.25, -0.2) is 4.39 Å². The van der Waals surface area contributed by atoms with Crippen molar-refractivity contribution in [2.24, 2.45) is 0 Å². The first-order valence-electron chi connectivity index (χ1n) is 9.79. The number of pyridine rings is 1. The third kappa shape index (κ3) is 5.67. The van der Waals surface area contributed by atoms with Gasteiger partial charge in [0.05, 0.1) is 12.1 Å². The van der Waals surface area contributed by atoms with Crippen molar-refractivity contribution >= 4 is 16.6 Å². The van der Waals surface area contributed by atoms with E-state index in [0.29, 0.717) is 13.2 Å². The quantitative estimate of drug-likeness (QED) is 0.472. The Balaban J connectivity index is 1.69. The summed E-state index contributed by atoms with van der Waals surface area (Å²) in [5.74, 6) is 0.595. The Kier molecular flexibility index (Phi) is 7.20. The second kappa shape index (κ2) is 10.0. The number of halogens is 1. The van der Waals surface area contributed by atoms with Crippen LogP contribution in [0.3, 0.4) is 0 Å². The number of nitrogens with zero attached hydrogens (tertiary/aromatic N) is 1. The van der Waals surface area contributed by atoms with Crippen LogP contribution in [0.25, 0.3) is 10.9 Å². The summed E-state index contributed by atoms with van der Waals surface area (Å²) in [6.07, 6.45) is 3.90. The first-order chi connectivity index (χ1) is 13.7. The smallest absolute Gasteiger partial charge is 0.123 e. The number of aliphatic hydroxyl groups excluding tert-OH is 1. The number of aryl methyl sites for hydroxylation is 1. The molecule has 2 aromatic carbocycles. The SMILES string of the molecule is Cc1cc(NCc2ccc(F)cc2)c2cc(OCCCCCCO)ccc2n1. The summed E-state index contributed by atoms with van der Waals surface area (Å²) in [7, 11) is 0. The van der Waals surface area contributed by atoms with Crippen molar-refractivity contribution in [1.29, 1.82) is 0 Å². The fourth-order valence-corrected chi connectivity index (χ4v) is 3.13. The second-order valence-corrected chi connectivity index (χ2v) is 6.96. The van der Waals surface area contributed by atoms with Gasteiger partial charge >= 0.3 is 0 Å². The number of ether oxygens (including phenoxy) is 1. The van der Waals surface area contributed by atoms with Crippen molar-refractivity contribution < 1.29 is 14.2 Å². The van der Waals surface area contributed by atoms with Crippen molar-refractivity contribution in [3.63, 3.8) is 0 Å². The standard InChI is InChI=1S/C23H27FN2O2/c1-17-14-23(25-16-18-6-8-19(24)9-7-18)21-15-20(10-11-22(21)26-17)28-13-5-3-2-4-12-27/h6-11,14-15,27H,2-5,12-13,16H2,1H3,(H,25,26). The molecule has 0 bridgehead atoms. The molecule has 28 heavy (non-hydrogen) atoms. The molecule has 0 radical (unpaired) electrons. The van der Waals surface area contributed by atoms with Crippen LogP contribution in [0.5, 0.6) is 5.75 Å². The minimum absolute atomic E-state index is 0.230. The van der Waals surface area contributed by atoms with Gasteiger partial charge in [-0.05, 0) is 68.1 Å². The number of nitrogens with one attached hydrogen (secondary N) is 1. The van der Waals surface area contributed by atoms with E-state index in [1.165, 1.54) is 12.1 Å². The van der Waals surface area contributed by atoms with Gasteiger partial charge in [-0.2, -0.15) is 0 Å². The fraction of sp³-hybridized carbons (Fsp3) is 0.348. The Labute approximate surface area is 165 Å². The fourth-order valence-electron chi connectivity index (χ4n) is 3.13. The molecule has 5 heteroatoms. The molecule has 0 aliphatic heterocycles. The van der Waals surface area contributed by atoms with Crippen LogP contribution in [0.4, 0.5) is 10.1 Å². The molecule has 3 rings (SSSR count). The van der Waals surface area contributed by atoms with E-state index in [1.807, 2.05) is 31.2 Å². The van der Waals surface area contributed by atoms with Gasteiger partial charge in [0, 0.05) is 29.9 Å². The maximum Gasteiger partial charge on any atom is 0.123 e. The molecule has 4 nitrogen and oxygen atoms in total. The zero-order valence-electron chi connectivity index (χ0n) is 16.2. The molecule has 0 saturated heterocycles. The molecule has 0 aliphatic rings. The highest BCUT2D eigenvalue weighted by molar-refractivity contribution is 5.92. The van der Waals surface area contributed by atoms with Crippen molar-refractivity contribution in [1.82, 2.24) is 4.98 Å². The molecular weight excluding hydrogens is 355 g/mol. The van der Waals surface area contributed by atoms with Gasteiger partial charge in [0.15, 0.2) is 0 Å². The molecule has 0 atom stereocenters. The van der Waals surface area contributed by atoms with Crippen molar-refractivity contribution in [2.75, 3.05) is 18.5 Å². The molecular formula is C23H27FN2O2. The van der Waals surface area contributed by atoms with Crippen LogP contribution in [0, 0.1) is 12.7 Å². The van der Waals surface area contributed by atoms with Crippen molar-refractivity contribution in [3.05, 3.63) is 65.6 Å². The Morgan fingerprint density at radius 2 is 1.79 bits per heavy atom. The summed E-state index contributed by atoms with van der Waals surface area (Å²) >= 11 is 0. The van der Waals surface area contributed by atoms with Crippen LogP contribution in [0.2, 0.25) is 0 Å². The van der Waals surface area contributed by atoms with Gasteiger partial charge in [-0.3, -0.25) is 4.98 Å². The van der Waals surface area contributed by atoms with Crippen LogP contribution < -0.4 is 10.1 Å². The topological polar surface area (TPSA) is 54.4 Å². The van der Waals surface area contributed by atoms with E-state index in [1.54, 1.807) is 12.1 Å². The third-order valence-electron chi connectivity index (χ3n) is 4.63. The van der Waals surface area contributed by atoms with Crippen LogP contribution in [-0.4, -0.2) is 23.3 Å². The summed E-state index contributed by atoms with van der Waals surface area (Å²) in [4.78, 5) is 4.61. The Bertz CT molecular complexity index is 897. The number of benzene rings is 2. The molecule has 0 aliphatic carbocycles.